The standard InChI is InChI=1S/C14H20N2O5S2/c15-23(20,21)12-6-5-11(22-12)7-8-16-13(17)9-1-3-10(4-2-9)14(18)19/h5-6,9-10H,1-4,7-8H2,(H,16,17)(H,18,19)(H2,15,20,21). The molecule has 1 aromatic heterocycles. The van der Waals surface area contributed by atoms with Gasteiger partial charge in [-0.3, -0.25) is 9.59 Å². The molecule has 1 aliphatic rings. The topological polar surface area (TPSA) is 127 Å². The van der Waals surface area contributed by atoms with Crippen molar-refractivity contribution >= 4 is 33.2 Å². The number of nitrogens with two attached hydrogens (primary N) is 1. The maximum absolute atomic E-state index is 12.1. The molecule has 23 heavy (non-hydrogen) atoms. The third kappa shape index (κ3) is 5.02. The number of sulfonamides is 1. The number of hydrogen-bond donors (Lipinski definition) is 3. The number of nitrogens with one attached hydrogen (secondary N) is 1. The maximum atomic E-state index is 12.1. The normalized spacial score (nSPS) is 21.8. The van der Waals surface area contributed by atoms with E-state index in [-0.39, 0.29) is 22.0 Å². The molecule has 1 saturated carbocycles. The van der Waals surface area contributed by atoms with Crippen LogP contribution < -0.4 is 10.5 Å². The molecular weight excluding hydrogens is 340 g/mol. The molecule has 1 heterocycles. The van der Waals surface area contributed by atoms with E-state index in [9.17, 15) is 18.0 Å². The Morgan fingerprint density at radius 3 is 2.35 bits per heavy atom. The fourth-order valence-electron chi connectivity index (χ4n) is 2.70. The zero-order chi connectivity index (χ0) is 17.0. The van der Waals surface area contributed by atoms with Crippen LogP contribution in [0.15, 0.2) is 16.3 Å². The summed E-state index contributed by atoms with van der Waals surface area (Å²) >= 11 is 1.10. The highest BCUT2D eigenvalue weighted by molar-refractivity contribution is 7.91. The SMILES string of the molecule is NS(=O)(=O)c1ccc(CCNC(=O)C2CCC(C(=O)O)CC2)s1. The van der Waals surface area contributed by atoms with Crippen LogP contribution in [0.4, 0.5) is 0 Å². The molecule has 0 aliphatic heterocycles. The predicted octanol–water partition coefficient (Wildman–Crippen LogP) is 0.945. The first kappa shape index (κ1) is 17.9. The minimum Gasteiger partial charge on any atom is -0.481 e. The van der Waals surface area contributed by atoms with Crippen LogP contribution in [0.1, 0.15) is 30.6 Å². The first-order valence-electron chi connectivity index (χ1n) is 7.39. The predicted molar refractivity (Wildman–Crippen MR) is 85.5 cm³/mol. The van der Waals surface area contributed by atoms with Gasteiger partial charge in [0.05, 0.1) is 5.92 Å². The Kier molecular flexibility index (Phi) is 5.77. The monoisotopic (exact) mass is 360 g/mol. The summed E-state index contributed by atoms with van der Waals surface area (Å²) in [6.45, 7) is 0.419. The molecule has 0 atom stereocenters. The van der Waals surface area contributed by atoms with Gasteiger partial charge in [0.1, 0.15) is 4.21 Å². The van der Waals surface area contributed by atoms with Gasteiger partial charge in [0.15, 0.2) is 0 Å². The van der Waals surface area contributed by atoms with Crippen LogP contribution in [0.5, 0.6) is 0 Å². The molecule has 0 bridgehead atoms. The molecule has 1 aromatic rings. The van der Waals surface area contributed by atoms with E-state index >= 15 is 0 Å². The molecule has 128 valence electrons. The summed E-state index contributed by atoms with van der Waals surface area (Å²) < 4.78 is 22.5. The number of amides is 1. The van der Waals surface area contributed by atoms with Crippen molar-refractivity contribution in [1.82, 2.24) is 5.32 Å². The lowest BCUT2D eigenvalue weighted by Gasteiger charge is -2.25. The molecule has 9 heteroatoms. The second-order valence-electron chi connectivity index (χ2n) is 5.69. The minimum atomic E-state index is -3.67. The molecule has 0 radical (unpaired) electrons. The van der Waals surface area contributed by atoms with Crippen molar-refractivity contribution in [3.8, 4) is 0 Å². The fraction of sp³-hybridized carbons (Fsp3) is 0.571. The van der Waals surface area contributed by atoms with Crippen molar-refractivity contribution in [3.63, 3.8) is 0 Å². The highest BCUT2D eigenvalue weighted by Crippen LogP contribution is 2.29. The average molecular weight is 360 g/mol. The number of thiophene rings is 1. The molecule has 1 fully saturated rings. The van der Waals surface area contributed by atoms with E-state index in [1.165, 1.54) is 6.07 Å². The van der Waals surface area contributed by atoms with Crippen LogP contribution in [-0.2, 0) is 26.0 Å². The molecule has 0 aromatic carbocycles. The van der Waals surface area contributed by atoms with Crippen molar-refractivity contribution in [1.29, 1.82) is 0 Å². The van der Waals surface area contributed by atoms with Crippen molar-refractivity contribution in [2.24, 2.45) is 17.0 Å². The maximum Gasteiger partial charge on any atom is 0.306 e. The first-order valence-corrected chi connectivity index (χ1v) is 9.75. The number of carboxylic acid groups (broad SMARTS) is 1. The molecule has 4 N–H and O–H groups in total. The molecule has 0 saturated heterocycles. The van der Waals surface area contributed by atoms with Crippen LogP contribution in [-0.4, -0.2) is 31.9 Å². The highest BCUT2D eigenvalue weighted by Gasteiger charge is 2.29. The molecule has 2 rings (SSSR count). The Balaban J connectivity index is 1.75. The van der Waals surface area contributed by atoms with Crippen molar-refractivity contribution < 1.29 is 23.1 Å². The van der Waals surface area contributed by atoms with Gasteiger partial charge < -0.3 is 10.4 Å². The Bertz CT molecular complexity index is 675. The smallest absolute Gasteiger partial charge is 0.306 e. The zero-order valence-electron chi connectivity index (χ0n) is 12.5. The van der Waals surface area contributed by atoms with E-state index in [1.54, 1.807) is 6.07 Å². The minimum absolute atomic E-state index is 0.0583. The Hall–Kier alpha value is -1.45. The molecule has 1 aliphatic carbocycles. The average Bonchev–Trinajstić information content (AvgIpc) is 2.96. The summed E-state index contributed by atoms with van der Waals surface area (Å²) in [6.07, 6.45) is 2.80. The number of carbonyl (C=O) groups is 2. The number of primary sulfonamides is 1. The van der Waals surface area contributed by atoms with Crippen molar-refractivity contribution in [3.05, 3.63) is 17.0 Å². The van der Waals surface area contributed by atoms with Gasteiger partial charge in [-0.2, -0.15) is 0 Å². The summed E-state index contributed by atoms with van der Waals surface area (Å²) in [7, 11) is -3.67. The van der Waals surface area contributed by atoms with Gasteiger partial charge in [-0.25, -0.2) is 13.6 Å². The van der Waals surface area contributed by atoms with E-state index in [4.69, 9.17) is 10.2 Å². The largest absolute Gasteiger partial charge is 0.481 e. The third-order valence-corrected chi connectivity index (χ3v) is 6.62. The van der Waals surface area contributed by atoms with E-state index < -0.39 is 16.0 Å². The first-order chi connectivity index (χ1) is 10.8. The van der Waals surface area contributed by atoms with Gasteiger partial charge in [0, 0.05) is 17.3 Å². The quantitative estimate of drug-likeness (QED) is 0.696. The van der Waals surface area contributed by atoms with Crippen molar-refractivity contribution in [2.75, 3.05) is 6.54 Å². The third-order valence-electron chi connectivity index (χ3n) is 4.04. The van der Waals surface area contributed by atoms with Gasteiger partial charge in [-0.1, -0.05) is 0 Å². The Labute approximate surface area is 138 Å². The lowest BCUT2D eigenvalue weighted by Crippen LogP contribution is -2.35. The lowest BCUT2D eigenvalue weighted by molar-refractivity contribution is -0.144. The zero-order valence-corrected chi connectivity index (χ0v) is 14.2. The summed E-state index contributed by atoms with van der Waals surface area (Å²) in [4.78, 5) is 23.8. The molecule has 7 nitrogen and oxygen atoms in total. The second kappa shape index (κ2) is 7.41. The number of carboxylic acids is 1. The van der Waals surface area contributed by atoms with Gasteiger partial charge >= 0.3 is 5.97 Å². The summed E-state index contributed by atoms with van der Waals surface area (Å²) in [5.74, 6) is -1.31. The highest BCUT2D eigenvalue weighted by atomic mass is 32.2. The van der Waals surface area contributed by atoms with Crippen LogP contribution in [0, 0.1) is 11.8 Å². The van der Waals surface area contributed by atoms with Crippen LogP contribution >= 0.6 is 11.3 Å². The van der Waals surface area contributed by atoms with E-state index in [0.717, 1.165) is 16.2 Å². The van der Waals surface area contributed by atoms with Gasteiger partial charge in [-0.05, 0) is 44.2 Å². The Morgan fingerprint density at radius 2 is 1.83 bits per heavy atom. The number of carbonyl (C=O) groups excluding carboxylic acids is 1. The molecule has 1 amide bonds. The molecule has 0 unspecified atom stereocenters. The lowest BCUT2D eigenvalue weighted by atomic mass is 9.81. The van der Waals surface area contributed by atoms with Crippen LogP contribution in [0.2, 0.25) is 0 Å². The number of hydrogen-bond acceptors (Lipinski definition) is 5. The van der Waals surface area contributed by atoms with Gasteiger partial charge in [0.2, 0.25) is 15.9 Å². The second-order valence-corrected chi connectivity index (χ2v) is 8.65. The number of aliphatic carboxylic acids is 1. The van der Waals surface area contributed by atoms with Crippen LogP contribution in [0.3, 0.4) is 0 Å². The van der Waals surface area contributed by atoms with Gasteiger partial charge in [0.25, 0.3) is 0 Å². The summed E-state index contributed by atoms with van der Waals surface area (Å²) in [5.41, 5.74) is 0. The summed E-state index contributed by atoms with van der Waals surface area (Å²) in [6, 6.07) is 3.15. The number of rotatable bonds is 6. The van der Waals surface area contributed by atoms with Gasteiger partial charge in [-0.15, -0.1) is 11.3 Å². The van der Waals surface area contributed by atoms with Crippen molar-refractivity contribution in [2.45, 2.75) is 36.3 Å². The van der Waals surface area contributed by atoms with Crippen LogP contribution in [0.25, 0.3) is 0 Å². The molecular formula is C14H20N2O5S2. The molecule has 0 spiro atoms. The van der Waals surface area contributed by atoms with E-state index in [0.29, 0.717) is 38.6 Å². The van der Waals surface area contributed by atoms with E-state index in [2.05, 4.69) is 5.32 Å². The fourth-order valence-corrected chi connectivity index (χ4v) is 4.48. The summed E-state index contributed by atoms with van der Waals surface area (Å²) in [5, 5.41) is 16.8. The van der Waals surface area contributed by atoms with E-state index in [1.807, 2.05) is 0 Å². The Morgan fingerprint density at radius 1 is 1.22 bits per heavy atom.